The van der Waals surface area contributed by atoms with E-state index in [1.165, 1.54) is 11.9 Å². The Morgan fingerprint density at radius 1 is 1.22 bits per heavy atom. The maximum absolute atomic E-state index is 4.38. The lowest BCUT2D eigenvalue weighted by Gasteiger charge is -2.29. The molecule has 1 atom stereocenters. The first-order valence-corrected chi connectivity index (χ1v) is 7.95. The number of aryl methyl sites for hydroxylation is 1. The van der Waals surface area contributed by atoms with Crippen LogP contribution in [-0.4, -0.2) is 25.6 Å². The zero-order chi connectivity index (χ0) is 16.4. The molecule has 1 aromatic carbocycles. The fourth-order valence-electron chi connectivity index (χ4n) is 3.11. The molecule has 0 spiro atoms. The van der Waals surface area contributed by atoms with E-state index in [-0.39, 0.29) is 5.41 Å². The van der Waals surface area contributed by atoms with E-state index < -0.39 is 0 Å². The number of benzene rings is 1. The van der Waals surface area contributed by atoms with Gasteiger partial charge in [-0.15, -0.1) is 0 Å². The van der Waals surface area contributed by atoms with Gasteiger partial charge in [0.2, 0.25) is 0 Å². The van der Waals surface area contributed by atoms with Crippen LogP contribution in [-0.2, 0) is 5.41 Å². The van der Waals surface area contributed by atoms with Crippen LogP contribution in [0.15, 0.2) is 42.7 Å². The van der Waals surface area contributed by atoms with E-state index in [0.29, 0.717) is 11.8 Å². The number of fused-ring (bicyclic) bond motifs is 1. The molecule has 0 radical (unpaired) electrons. The molecular weight excluding hydrogens is 286 g/mol. The second kappa shape index (κ2) is 5.99. The normalized spacial score (nSPS) is 13.2. The topological polar surface area (TPSA) is 55.1 Å². The summed E-state index contributed by atoms with van der Waals surface area (Å²) in [6.07, 6.45) is 2.54. The molecule has 0 fully saturated rings. The van der Waals surface area contributed by atoms with Crippen LogP contribution >= 0.6 is 0 Å². The first-order chi connectivity index (χ1) is 11.0. The molecule has 0 unspecified atom stereocenters. The minimum absolute atomic E-state index is 0.0945. The largest absolute Gasteiger partial charge is 0.367 e. The monoisotopic (exact) mass is 309 g/mol. The lowest BCUT2D eigenvalue weighted by Crippen LogP contribution is -2.28. The van der Waals surface area contributed by atoms with Crippen molar-refractivity contribution in [1.29, 1.82) is 0 Å². The van der Waals surface area contributed by atoms with E-state index in [2.05, 4.69) is 71.5 Å². The number of hydrogen-bond donors (Lipinski definition) is 1. The van der Waals surface area contributed by atoms with Gasteiger partial charge in [-0.3, -0.25) is 0 Å². The van der Waals surface area contributed by atoms with Crippen LogP contribution < -0.4 is 5.32 Å². The van der Waals surface area contributed by atoms with Crippen molar-refractivity contribution in [2.75, 3.05) is 5.32 Å². The van der Waals surface area contributed by atoms with Crippen LogP contribution in [0.1, 0.15) is 38.4 Å². The highest BCUT2D eigenvalue weighted by atomic mass is 15.4. The van der Waals surface area contributed by atoms with Gasteiger partial charge in [-0.2, -0.15) is 14.6 Å². The number of anilines is 1. The Hall–Kier alpha value is -2.43. The average Bonchev–Trinajstić information content (AvgIpc) is 2.96. The van der Waals surface area contributed by atoms with Crippen LogP contribution in [0, 0.1) is 6.92 Å². The van der Waals surface area contributed by atoms with Crippen molar-refractivity contribution in [2.45, 2.75) is 45.6 Å². The molecule has 120 valence electrons. The summed E-state index contributed by atoms with van der Waals surface area (Å²) in [7, 11) is 0. The zero-order valence-corrected chi connectivity index (χ0v) is 14.1. The number of aromatic nitrogens is 4. The molecule has 5 nitrogen and oxygen atoms in total. The maximum Gasteiger partial charge on any atom is 0.254 e. The molecule has 0 aliphatic rings. The van der Waals surface area contributed by atoms with Gasteiger partial charge < -0.3 is 5.32 Å². The van der Waals surface area contributed by atoms with Crippen molar-refractivity contribution in [3.05, 3.63) is 54.0 Å². The third kappa shape index (κ3) is 3.33. The van der Waals surface area contributed by atoms with E-state index in [0.717, 1.165) is 17.9 Å². The number of nitrogens with zero attached hydrogens (tertiary/aromatic N) is 4. The van der Waals surface area contributed by atoms with Gasteiger partial charge in [0.15, 0.2) is 0 Å². The SMILES string of the molecule is Cc1cc(N[C@H](C)CC(C)(C)c2ccccc2)n2ncnc2n1. The van der Waals surface area contributed by atoms with Crippen LogP contribution in [0.2, 0.25) is 0 Å². The van der Waals surface area contributed by atoms with Crippen molar-refractivity contribution < 1.29 is 0 Å². The summed E-state index contributed by atoms with van der Waals surface area (Å²) in [4.78, 5) is 8.55. The third-order valence-corrected chi connectivity index (χ3v) is 4.15. The number of rotatable bonds is 5. The summed E-state index contributed by atoms with van der Waals surface area (Å²) in [5.41, 5.74) is 2.38. The molecular formula is C18H23N5. The van der Waals surface area contributed by atoms with E-state index in [9.17, 15) is 0 Å². The maximum atomic E-state index is 4.38. The number of hydrogen-bond acceptors (Lipinski definition) is 4. The molecule has 0 bridgehead atoms. The predicted octanol–water partition coefficient (Wildman–Crippen LogP) is 3.60. The lowest BCUT2D eigenvalue weighted by molar-refractivity contribution is 0.449. The quantitative estimate of drug-likeness (QED) is 0.782. The Balaban J connectivity index is 1.78. The summed E-state index contributed by atoms with van der Waals surface area (Å²) in [5, 5.41) is 7.81. The summed E-state index contributed by atoms with van der Waals surface area (Å²) >= 11 is 0. The van der Waals surface area contributed by atoms with Crippen LogP contribution in [0.3, 0.4) is 0 Å². The van der Waals surface area contributed by atoms with Crippen molar-refractivity contribution in [3.8, 4) is 0 Å². The predicted molar refractivity (Wildman–Crippen MR) is 92.7 cm³/mol. The Morgan fingerprint density at radius 3 is 2.70 bits per heavy atom. The molecule has 0 saturated carbocycles. The second-order valence-corrected chi connectivity index (χ2v) is 6.75. The van der Waals surface area contributed by atoms with Gasteiger partial charge in [-0.25, -0.2) is 4.98 Å². The summed E-state index contributed by atoms with van der Waals surface area (Å²) in [6, 6.07) is 12.9. The van der Waals surface area contributed by atoms with Crippen LogP contribution in [0.5, 0.6) is 0 Å². The highest BCUT2D eigenvalue weighted by molar-refractivity contribution is 5.45. The van der Waals surface area contributed by atoms with Gasteiger partial charge in [0.1, 0.15) is 12.1 Å². The van der Waals surface area contributed by atoms with E-state index in [1.54, 1.807) is 4.52 Å². The molecule has 0 saturated heterocycles. The smallest absolute Gasteiger partial charge is 0.254 e. The van der Waals surface area contributed by atoms with Crippen molar-refractivity contribution >= 4 is 11.6 Å². The fourth-order valence-corrected chi connectivity index (χ4v) is 3.11. The summed E-state index contributed by atoms with van der Waals surface area (Å²) < 4.78 is 1.75. The number of nitrogens with one attached hydrogen (secondary N) is 1. The van der Waals surface area contributed by atoms with E-state index in [1.807, 2.05) is 13.0 Å². The summed E-state index contributed by atoms with van der Waals surface area (Å²) in [6.45, 7) is 8.73. The van der Waals surface area contributed by atoms with E-state index in [4.69, 9.17) is 0 Å². The Kier molecular flexibility index (Phi) is 4.03. The van der Waals surface area contributed by atoms with Gasteiger partial charge in [-0.1, -0.05) is 44.2 Å². The first-order valence-electron chi connectivity index (χ1n) is 7.95. The van der Waals surface area contributed by atoms with Gasteiger partial charge in [0.05, 0.1) is 0 Å². The third-order valence-electron chi connectivity index (χ3n) is 4.15. The van der Waals surface area contributed by atoms with Crippen molar-refractivity contribution in [3.63, 3.8) is 0 Å². The summed E-state index contributed by atoms with van der Waals surface area (Å²) in [5.74, 6) is 1.56. The molecule has 3 rings (SSSR count). The Morgan fingerprint density at radius 2 is 1.96 bits per heavy atom. The molecule has 2 aromatic heterocycles. The van der Waals surface area contributed by atoms with Crippen molar-refractivity contribution in [2.24, 2.45) is 0 Å². The van der Waals surface area contributed by atoms with Gasteiger partial charge in [0.25, 0.3) is 5.78 Å². The highest BCUT2D eigenvalue weighted by Crippen LogP contribution is 2.29. The molecule has 5 heteroatoms. The average molecular weight is 309 g/mol. The molecule has 23 heavy (non-hydrogen) atoms. The Bertz CT molecular complexity index is 792. The Labute approximate surface area is 136 Å². The molecule has 0 aliphatic carbocycles. The van der Waals surface area contributed by atoms with E-state index >= 15 is 0 Å². The van der Waals surface area contributed by atoms with Crippen LogP contribution in [0.4, 0.5) is 5.82 Å². The molecule has 0 aliphatic heterocycles. The van der Waals surface area contributed by atoms with Gasteiger partial charge >= 0.3 is 0 Å². The fraction of sp³-hybridized carbons (Fsp3) is 0.389. The molecule has 0 amide bonds. The lowest BCUT2D eigenvalue weighted by atomic mass is 9.79. The second-order valence-electron chi connectivity index (χ2n) is 6.75. The van der Waals surface area contributed by atoms with Gasteiger partial charge in [-0.05, 0) is 31.2 Å². The standard InChI is InChI=1S/C18H23N5/c1-13-10-16(23-17(22-13)19-12-20-23)21-14(2)11-18(3,4)15-8-6-5-7-9-15/h5-10,12,14,21H,11H2,1-4H3/t14-/m1/s1. The van der Waals surface area contributed by atoms with Crippen molar-refractivity contribution in [1.82, 2.24) is 19.6 Å². The molecule has 1 N–H and O–H groups in total. The highest BCUT2D eigenvalue weighted by Gasteiger charge is 2.23. The minimum atomic E-state index is 0.0945. The van der Waals surface area contributed by atoms with Crippen LogP contribution in [0.25, 0.3) is 5.78 Å². The zero-order valence-electron chi connectivity index (χ0n) is 14.1. The van der Waals surface area contributed by atoms with Gasteiger partial charge in [0, 0.05) is 17.8 Å². The molecule has 3 aromatic rings. The first kappa shape index (κ1) is 15.5. The minimum Gasteiger partial charge on any atom is -0.367 e. The molecule has 2 heterocycles.